The molecule has 2 aliphatic rings. The normalized spacial score (nSPS) is 22.0. The smallest absolute Gasteiger partial charge is 0.0249 e. The quantitative estimate of drug-likeness (QED) is 0.544. The van der Waals surface area contributed by atoms with Gasteiger partial charge in [-0.1, -0.05) is 44.4 Å². The molecule has 0 saturated carbocycles. The van der Waals surface area contributed by atoms with E-state index >= 15 is 0 Å². The average Bonchev–Trinajstić information content (AvgIpc) is 2.87. The number of hydrogen-bond acceptors (Lipinski definition) is 1. The minimum absolute atomic E-state index is 0.603. The molecule has 0 fully saturated rings. The fourth-order valence-electron chi connectivity index (χ4n) is 3.44. The van der Waals surface area contributed by atoms with Crippen molar-refractivity contribution in [2.75, 3.05) is 0 Å². The lowest BCUT2D eigenvalue weighted by atomic mass is 9.94. The van der Waals surface area contributed by atoms with Crippen LogP contribution in [0.4, 0.5) is 0 Å². The Morgan fingerprint density at radius 1 is 1.05 bits per heavy atom. The first-order chi connectivity index (χ1) is 10.1. The van der Waals surface area contributed by atoms with Gasteiger partial charge in [0.25, 0.3) is 0 Å². The van der Waals surface area contributed by atoms with Gasteiger partial charge in [-0.2, -0.15) is 0 Å². The fourth-order valence-corrected chi connectivity index (χ4v) is 4.82. The summed E-state index contributed by atoms with van der Waals surface area (Å²) in [4.78, 5) is 2.56. The van der Waals surface area contributed by atoms with Crippen LogP contribution in [0.3, 0.4) is 0 Å². The van der Waals surface area contributed by atoms with Gasteiger partial charge in [-0.25, -0.2) is 0 Å². The van der Waals surface area contributed by atoms with Crippen molar-refractivity contribution in [1.29, 1.82) is 0 Å². The molecule has 1 aliphatic heterocycles. The van der Waals surface area contributed by atoms with Crippen molar-refractivity contribution >= 4 is 36.3 Å². The molecule has 0 N–H and O–H groups in total. The highest BCUT2D eigenvalue weighted by molar-refractivity contribution is 9.15. The summed E-state index contributed by atoms with van der Waals surface area (Å²) in [7, 11) is 0. The molecule has 1 aromatic carbocycles. The highest BCUT2D eigenvalue weighted by atomic mass is 79.9. The van der Waals surface area contributed by atoms with E-state index in [2.05, 4.69) is 62.7 Å². The Hall–Kier alpha value is -0.120. The van der Waals surface area contributed by atoms with E-state index in [0.29, 0.717) is 6.04 Å². The van der Waals surface area contributed by atoms with Gasteiger partial charge in [0, 0.05) is 28.1 Å². The lowest BCUT2D eigenvalue weighted by Gasteiger charge is -2.19. The van der Waals surface area contributed by atoms with Gasteiger partial charge >= 0.3 is 0 Å². The molecule has 1 aliphatic carbocycles. The van der Waals surface area contributed by atoms with E-state index in [1.54, 1.807) is 5.56 Å². The molecule has 0 radical (unpaired) electrons. The molecule has 0 amide bonds. The van der Waals surface area contributed by atoms with Crippen molar-refractivity contribution in [2.24, 2.45) is 0 Å². The molecule has 21 heavy (non-hydrogen) atoms. The summed E-state index contributed by atoms with van der Waals surface area (Å²) in [5.74, 6) is 0. The van der Waals surface area contributed by atoms with Gasteiger partial charge in [0.15, 0.2) is 0 Å². The van der Waals surface area contributed by atoms with Crippen LogP contribution in [0.15, 0.2) is 16.6 Å². The minimum Gasteiger partial charge on any atom is -0.292 e. The van der Waals surface area contributed by atoms with Crippen molar-refractivity contribution in [3.8, 4) is 0 Å². The lowest BCUT2D eigenvalue weighted by Crippen LogP contribution is -2.24. The van der Waals surface area contributed by atoms with E-state index in [-0.39, 0.29) is 0 Å². The number of allylic oxidation sites excluding steroid dienone is 1. The summed E-state index contributed by atoms with van der Waals surface area (Å²) >= 11 is 7.71. The maximum absolute atomic E-state index is 3.87. The van der Waals surface area contributed by atoms with Crippen molar-refractivity contribution in [3.05, 3.63) is 38.9 Å². The topological polar surface area (TPSA) is 3.24 Å². The highest BCUT2D eigenvalue weighted by Gasteiger charge is 2.27. The zero-order chi connectivity index (χ0) is 15.0. The molecule has 1 nitrogen and oxygen atoms in total. The predicted molar refractivity (Wildman–Crippen MR) is 97.6 cm³/mol. The Labute approximate surface area is 145 Å². The predicted octanol–water partition coefficient (Wildman–Crippen LogP) is 6.03. The van der Waals surface area contributed by atoms with Crippen LogP contribution in [0.1, 0.15) is 61.8 Å². The molecule has 0 bridgehead atoms. The fraction of sp³-hybridized carbons (Fsp3) is 0.556. The molecule has 0 aromatic heterocycles. The molecular formula is C18H23Br2N. The molecule has 114 valence electrons. The Balaban J connectivity index is 2.11. The van der Waals surface area contributed by atoms with E-state index in [9.17, 15) is 0 Å². The average molecular weight is 413 g/mol. The van der Waals surface area contributed by atoms with Gasteiger partial charge in [-0.15, -0.1) is 0 Å². The summed E-state index contributed by atoms with van der Waals surface area (Å²) in [6.07, 6.45) is 8.70. The van der Waals surface area contributed by atoms with Gasteiger partial charge in [0.05, 0.1) is 0 Å². The number of hydrogen-bond donors (Lipinski definition) is 0. The minimum atomic E-state index is 0.603. The van der Waals surface area contributed by atoms with Gasteiger partial charge in [0.2, 0.25) is 0 Å². The van der Waals surface area contributed by atoms with E-state index < -0.39 is 0 Å². The molecule has 3 rings (SSSR count). The Kier molecular flexibility index (Phi) is 4.92. The number of halogens is 2. The molecule has 1 heterocycles. The van der Waals surface area contributed by atoms with Crippen molar-refractivity contribution < 1.29 is 0 Å². The van der Waals surface area contributed by atoms with Gasteiger partial charge in [-0.3, -0.25) is 4.90 Å². The first kappa shape index (κ1) is 15.8. The van der Waals surface area contributed by atoms with Crippen LogP contribution in [-0.2, 0) is 19.5 Å². The lowest BCUT2D eigenvalue weighted by molar-refractivity contribution is 0.227. The third kappa shape index (κ3) is 3.16. The van der Waals surface area contributed by atoms with E-state index in [4.69, 9.17) is 0 Å². The Morgan fingerprint density at radius 2 is 1.86 bits per heavy atom. The molecule has 0 unspecified atom stereocenters. The molecule has 0 saturated heterocycles. The van der Waals surface area contributed by atoms with Crippen LogP contribution in [0.5, 0.6) is 0 Å². The Bertz CT molecular complexity index is 575. The van der Waals surface area contributed by atoms with Crippen LogP contribution in [0.2, 0.25) is 0 Å². The number of nitrogens with zero attached hydrogens (tertiary/aromatic N) is 1. The van der Waals surface area contributed by atoms with Crippen molar-refractivity contribution in [1.82, 2.24) is 4.90 Å². The summed E-state index contributed by atoms with van der Waals surface area (Å²) < 4.78 is 2.61. The van der Waals surface area contributed by atoms with Gasteiger partial charge in [0.1, 0.15) is 0 Å². The zero-order valence-corrected chi connectivity index (χ0v) is 16.1. The molecule has 0 atom stereocenters. The third-order valence-electron chi connectivity index (χ3n) is 4.74. The largest absolute Gasteiger partial charge is 0.292 e. The van der Waals surface area contributed by atoms with Crippen LogP contribution < -0.4 is 0 Å². The number of fused-ring (bicyclic) bond motifs is 3. The zero-order valence-electron chi connectivity index (χ0n) is 12.9. The maximum atomic E-state index is 3.87. The van der Waals surface area contributed by atoms with Crippen LogP contribution >= 0.6 is 31.9 Å². The van der Waals surface area contributed by atoms with Crippen molar-refractivity contribution in [2.45, 2.75) is 65.1 Å². The molecular weight excluding hydrogens is 390 g/mol. The summed E-state index contributed by atoms with van der Waals surface area (Å²) in [6, 6.07) is 2.97. The summed E-state index contributed by atoms with van der Waals surface area (Å²) in [5, 5.41) is 0. The second-order valence-electron chi connectivity index (χ2n) is 6.50. The van der Waals surface area contributed by atoms with E-state index in [1.165, 1.54) is 57.7 Å². The monoisotopic (exact) mass is 411 g/mol. The first-order valence-corrected chi connectivity index (χ1v) is 9.59. The third-order valence-corrected chi connectivity index (χ3v) is 6.17. The van der Waals surface area contributed by atoms with Gasteiger partial charge in [-0.05, 0) is 67.9 Å². The standard InChI is InChI=1S/C18H23Br2N/c1-12(2)21-10-13-9-17(20)14-7-5-3-4-6-8-16(19)18(14)15(13)11-21/h8-9,12H,3-7,10-11H2,1-2H3/b16-8+. The van der Waals surface area contributed by atoms with E-state index in [0.717, 1.165) is 13.1 Å². The van der Waals surface area contributed by atoms with Gasteiger partial charge < -0.3 is 0 Å². The Morgan fingerprint density at radius 3 is 2.62 bits per heavy atom. The van der Waals surface area contributed by atoms with Crippen LogP contribution in [0.25, 0.3) is 4.48 Å². The second-order valence-corrected chi connectivity index (χ2v) is 8.21. The number of benzene rings is 1. The molecule has 3 heteroatoms. The number of rotatable bonds is 1. The summed E-state index contributed by atoms with van der Waals surface area (Å²) in [5.41, 5.74) is 6.03. The SMILES string of the molecule is CC(C)N1Cc2cc(Br)c3c(c2C1)/C(Br)=C\CCCCC3. The molecule has 0 spiro atoms. The highest BCUT2D eigenvalue weighted by Crippen LogP contribution is 2.41. The maximum Gasteiger partial charge on any atom is 0.0249 e. The van der Waals surface area contributed by atoms with Crippen molar-refractivity contribution in [3.63, 3.8) is 0 Å². The summed E-state index contributed by atoms with van der Waals surface area (Å²) in [6.45, 7) is 6.76. The second kappa shape index (κ2) is 6.55. The first-order valence-electron chi connectivity index (χ1n) is 8.01. The molecule has 1 aromatic rings. The van der Waals surface area contributed by atoms with E-state index in [1.807, 2.05) is 0 Å². The van der Waals surface area contributed by atoms with Crippen LogP contribution in [0, 0.1) is 0 Å². The van der Waals surface area contributed by atoms with Crippen LogP contribution in [-0.4, -0.2) is 10.9 Å².